The molecule has 0 radical (unpaired) electrons. The van der Waals surface area contributed by atoms with Crippen LogP contribution in [-0.4, -0.2) is 25.2 Å². The van der Waals surface area contributed by atoms with E-state index in [1.807, 2.05) is 61.5 Å². The molecule has 0 aliphatic carbocycles. The van der Waals surface area contributed by atoms with E-state index in [1.54, 1.807) is 0 Å². The van der Waals surface area contributed by atoms with Crippen LogP contribution in [0.2, 0.25) is 0 Å². The molecule has 0 fully saturated rings. The fourth-order valence-electron chi connectivity index (χ4n) is 2.35. The maximum Gasteiger partial charge on any atom is 0.333 e. The number of hydrogen-bond donors (Lipinski definition) is 1. The predicted molar refractivity (Wildman–Crippen MR) is 105 cm³/mol. The second kappa shape index (κ2) is 11.6. The summed E-state index contributed by atoms with van der Waals surface area (Å²) in [5, 5.41) is 8.13. The highest BCUT2D eigenvalue weighted by atomic mass is 16.5. The van der Waals surface area contributed by atoms with Crippen molar-refractivity contribution >= 4 is 11.7 Å². The highest BCUT2D eigenvalue weighted by molar-refractivity contribution is 5.76. The van der Waals surface area contributed by atoms with E-state index >= 15 is 0 Å². The van der Waals surface area contributed by atoms with E-state index in [0.29, 0.717) is 19.6 Å². The Balaban J connectivity index is 2.02. The van der Waals surface area contributed by atoms with Crippen LogP contribution in [0.5, 0.6) is 0 Å². The number of anilines is 1. The van der Waals surface area contributed by atoms with Crippen LogP contribution in [0.1, 0.15) is 18.1 Å². The highest BCUT2D eigenvalue weighted by Crippen LogP contribution is 2.13. The van der Waals surface area contributed by atoms with Gasteiger partial charge in [-0.25, -0.2) is 4.79 Å². The average molecular weight is 367 g/mol. The number of ether oxygens (including phenoxy) is 2. The standard InChI is InChI=1S/C21H25N3O3/c1-3-13-27-21(25)20(15-17-9-6-5-7-10-17)23-24-22-19-12-8-11-18(14-19)16-26-4-2/h3,5-12,14,20H,1,4,13,15-16H2,2H3,(H,22,23). The minimum absolute atomic E-state index is 0.145. The first-order chi connectivity index (χ1) is 13.2. The Morgan fingerprint density at radius 3 is 2.70 bits per heavy atom. The number of nitrogens with zero attached hydrogens (tertiary/aromatic N) is 2. The SMILES string of the molecule is C=CCOC(=O)C(Cc1ccccc1)N=NNc1cccc(COCC)c1. The quantitative estimate of drug-likeness (QED) is 0.277. The van der Waals surface area contributed by atoms with Crippen molar-refractivity contribution in [2.75, 3.05) is 18.6 Å². The van der Waals surface area contributed by atoms with Gasteiger partial charge in [0.2, 0.25) is 0 Å². The van der Waals surface area contributed by atoms with Crippen molar-refractivity contribution in [2.24, 2.45) is 10.3 Å². The number of rotatable bonds is 11. The summed E-state index contributed by atoms with van der Waals surface area (Å²) in [5.41, 5.74) is 5.65. The van der Waals surface area contributed by atoms with Crippen LogP contribution in [0.4, 0.5) is 5.69 Å². The van der Waals surface area contributed by atoms with Crippen LogP contribution in [0.25, 0.3) is 0 Å². The maximum atomic E-state index is 12.3. The first-order valence-corrected chi connectivity index (χ1v) is 8.87. The summed E-state index contributed by atoms with van der Waals surface area (Å²) in [4.78, 5) is 12.3. The maximum absolute atomic E-state index is 12.3. The first kappa shape index (κ1) is 20.3. The van der Waals surface area contributed by atoms with E-state index in [4.69, 9.17) is 9.47 Å². The van der Waals surface area contributed by atoms with Crippen molar-refractivity contribution in [3.63, 3.8) is 0 Å². The third-order valence-electron chi connectivity index (χ3n) is 3.66. The minimum Gasteiger partial charge on any atom is -0.460 e. The summed E-state index contributed by atoms with van der Waals surface area (Å²) in [6.07, 6.45) is 1.93. The number of nitrogens with one attached hydrogen (secondary N) is 1. The van der Waals surface area contributed by atoms with Gasteiger partial charge in [-0.05, 0) is 30.2 Å². The molecule has 0 saturated heterocycles. The monoisotopic (exact) mass is 367 g/mol. The summed E-state index contributed by atoms with van der Waals surface area (Å²) in [5.74, 6) is -0.436. The molecular weight excluding hydrogens is 342 g/mol. The number of esters is 1. The summed E-state index contributed by atoms with van der Waals surface area (Å²) < 4.78 is 10.5. The molecule has 6 nitrogen and oxygen atoms in total. The lowest BCUT2D eigenvalue weighted by Crippen LogP contribution is -2.24. The van der Waals surface area contributed by atoms with Gasteiger partial charge in [0.05, 0.1) is 12.3 Å². The largest absolute Gasteiger partial charge is 0.460 e. The van der Waals surface area contributed by atoms with Crippen molar-refractivity contribution < 1.29 is 14.3 Å². The molecule has 0 spiro atoms. The lowest BCUT2D eigenvalue weighted by atomic mass is 10.1. The molecule has 1 N–H and O–H groups in total. The van der Waals surface area contributed by atoms with Crippen molar-refractivity contribution in [2.45, 2.75) is 26.0 Å². The summed E-state index contributed by atoms with van der Waals surface area (Å²) in [7, 11) is 0. The average Bonchev–Trinajstić information content (AvgIpc) is 2.71. The zero-order valence-electron chi connectivity index (χ0n) is 15.5. The molecule has 2 aromatic rings. The zero-order chi connectivity index (χ0) is 19.3. The first-order valence-electron chi connectivity index (χ1n) is 8.87. The van der Waals surface area contributed by atoms with Gasteiger partial charge in [0, 0.05) is 13.0 Å². The van der Waals surface area contributed by atoms with Crippen LogP contribution in [-0.2, 0) is 27.3 Å². The normalized spacial score (nSPS) is 11.9. The molecule has 2 aromatic carbocycles. The van der Waals surface area contributed by atoms with E-state index in [2.05, 4.69) is 22.3 Å². The lowest BCUT2D eigenvalue weighted by molar-refractivity contribution is -0.144. The zero-order valence-corrected chi connectivity index (χ0v) is 15.5. The molecule has 6 heteroatoms. The topological polar surface area (TPSA) is 72.3 Å². The molecule has 0 aliphatic heterocycles. The molecule has 0 bridgehead atoms. The summed E-state index contributed by atoms with van der Waals surface area (Å²) >= 11 is 0. The smallest absolute Gasteiger partial charge is 0.333 e. The third kappa shape index (κ3) is 7.42. The highest BCUT2D eigenvalue weighted by Gasteiger charge is 2.20. The van der Waals surface area contributed by atoms with Gasteiger partial charge in [-0.2, -0.15) is 5.11 Å². The predicted octanol–water partition coefficient (Wildman–Crippen LogP) is 4.34. The molecule has 0 heterocycles. The number of benzene rings is 2. The molecule has 0 aromatic heterocycles. The molecular formula is C21H25N3O3. The fourth-order valence-corrected chi connectivity index (χ4v) is 2.35. The number of carbonyl (C=O) groups excluding carboxylic acids is 1. The van der Waals surface area contributed by atoms with Gasteiger partial charge in [0.1, 0.15) is 6.61 Å². The molecule has 2 rings (SSSR count). The van der Waals surface area contributed by atoms with Crippen LogP contribution < -0.4 is 5.43 Å². The lowest BCUT2D eigenvalue weighted by Gasteiger charge is -2.11. The van der Waals surface area contributed by atoms with E-state index < -0.39 is 12.0 Å². The van der Waals surface area contributed by atoms with Crippen molar-refractivity contribution in [1.29, 1.82) is 0 Å². The van der Waals surface area contributed by atoms with E-state index in [1.165, 1.54) is 6.08 Å². The summed E-state index contributed by atoms with van der Waals surface area (Å²) in [6.45, 7) is 6.85. The number of carbonyl (C=O) groups is 1. The van der Waals surface area contributed by atoms with Gasteiger partial charge in [-0.3, -0.25) is 5.43 Å². The van der Waals surface area contributed by atoms with Gasteiger partial charge in [-0.15, -0.1) is 0 Å². The Morgan fingerprint density at radius 2 is 1.96 bits per heavy atom. The Bertz CT molecular complexity index is 747. The molecule has 27 heavy (non-hydrogen) atoms. The van der Waals surface area contributed by atoms with Crippen molar-refractivity contribution in [3.05, 3.63) is 78.4 Å². The fraction of sp³-hybridized carbons (Fsp3) is 0.286. The van der Waals surface area contributed by atoms with E-state index in [-0.39, 0.29) is 6.61 Å². The number of hydrogen-bond acceptors (Lipinski definition) is 5. The Hall–Kier alpha value is -2.99. The van der Waals surface area contributed by atoms with Crippen LogP contribution in [0.15, 0.2) is 77.6 Å². The van der Waals surface area contributed by atoms with E-state index in [0.717, 1.165) is 16.8 Å². The van der Waals surface area contributed by atoms with Gasteiger partial charge in [0.25, 0.3) is 0 Å². The van der Waals surface area contributed by atoms with Crippen LogP contribution in [0.3, 0.4) is 0 Å². The Labute approximate surface area is 159 Å². The summed E-state index contributed by atoms with van der Waals surface area (Å²) in [6, 6.07) is 16.6. The molecule has 0 saturated carbocycles. The molecule has 1 unspecified atom stereocenters. The van der Waals surface area contributed by atoms with Crippen LogP contribution in [0, 0.1) is 0 Å². The third-order valence-corrected chi connectivity index (χ3v) is 3.66. The minimum atomic E-state index is -0.730. The van der Waals surface area contributed by atoms with Crippen molar-refractivity contribution in [1.82, 2.24) is 0 Å². The Kier molecular flexibility index (Phi) is 8.73. The Morgan fingerprint density at radius 1 is 1.19 bits per heavy atom. The van der Waals surface area contributed by atoms with Gasteiger partial charge in [-0.1, -0.05) is 60.3 Å². The van der Waals surface area contributed by atoms with Crippen LogP contribution >= 0.6 is 0 Å². The molecule has 0 aliphatic rings. The van der Waals surface area contributed by atoms with Gasteiger partial charge < -0.3 is 9.47 Å². The van der Waals surface area contributed by atoms with Gasteiger partial charge >= 0.3 is 5.97 Å². The van der Waals surface area contributed by atoms with Crippen molar-refractivity contribution in [3.8, 4) is 0 Å². The van der Waals surface area contributed by atoms with E-state index in [9.17, 15) is 4.79 Å². The second-order valence-electron chi connectivity index (χ2n) is 5.79. The molecule has 142 valence electrons. The van der Waals surface area contributed by atoms with Gasteiger partial charge in [0.15, 0.2) is 6.04 Å². The second-order valence-corrected chi connectivity index (χ2v) is 5.79. The molecule has 1 atom stereocenters. The molecule has 0 amide bonds.